The van der Waals surface area contributed by atoms with Crippen molar-refractivity contribution in [3.8, 4) is 0 Å². The molecule has 2 N–H and O–H groups in total. The lowest BCUT2D eigenvalue weighted by Crippen LogP contribution is -2.16. The van der Waals surface area contributed by atoms with Gasteiger partial charge in [0.2, 0.25) is 11.7 Å². The Morgan fingerprint density at radius 3 is 2.54 bits per heavy atom. The van der Waals surface area contributed by atoms with Crippen molar-refractivity contribution in [1.82, 2.24) is 4.98 Å². The molecule has 1 aliphatic carbocycles. The molecule has 120 valence electrons. The van der Waals surface area contributed by atoms with Gasteiger partial charge in [-0.25, -0.2) is 0 Å². The van der Waals surface area contributed by atoms with Crippen molar-refractivity contribution in [1.29, 1.82) is 0 Å². The molecule has 0 atom stereocenters. The molecule has 1 aliphatic rings. The zero-order chi connectivity index (χ0) is 16.7. The van der Waals surface area contributed by atoms with Crippen LogP contribution in [-0.4, -0.2) is 16.7 Å². The van der Waals surface area contributed by atoms with Crippen LogP contribution in [0.3, 0.4) is 0 Å². The number of nitrogens with one attached hydrogen (secondary N) is 2. The molecule has 0 unspecified atom stereocenters. The van der Waals surface area contributed by atoms with Crippen LogP contribution in [0.5, 0.6) is 0 Å². The largest absolute Gasteiger partial charge is 0.350 e. The monoisotopic (exact) mass is 338 g/mol. The summed E-state index contributed by atoms with van der Waals surface area (Å²) in [7, 11) is 0. The molecule has 0 aliphatic heterocycles. The molecule has 24 heavy (non-hydrogen) atoms. The molecule has 4 rings (SSSR count). The van der Waals surface area contributed by atoms with Crippen LogP contribution < -0.4 is 5.32 Å². The van der Waals surface area contributed by atoms with Crippen LogP contribution in [0.25, 0.3) is 10.9 Å². The van der Waals surface area contributed by atoms with Gasteiger partial charge >= 0.3 is 0 Å². The Morgan fingerprint density at radius 1 is 1.08 bits per heavy atom. The topological polar surface area (TPSA) is 62.0 Å². The third-order valence-corrected chi connectivity index (χ3v) is 4.46. The first-order chi connectivity index (χ1) is 11.6. The lowest BCUT2D eigenvalue weighted by Gasteiger charge is -2.06. The van der Waals surface area contributed by atoms with Gasteiger partial charge in [-0.15, -0.1) is 0 Å². The number of amides is 1. The molecule has 1 fully saturated rings. The number of H-pyrrole nitrogens is 1. The normalized spacial score (nSPS) is 13.9. The highest BCUT2D eigenvalue weighted by Gasteiger charge is 2.31. The van der Waals surface area contributed by atoms with Crippen LogP contribution in [0.4, 0.5) is 5.69 Å². The quantitative estimate of drug-likeness (QED) is 0.692. The summed E-state index contributed by atoms with van der Waals surface area (Å²) in [6, 6.07) is 14.3. The predicted octanol–water partition coefficient (Wildman–Crippen LogP) is 4.40. The van der Waals surface area contributed by atoms with Gasteiger partial charge in [0.1, 0.15) is 5.69 Å². The zero-order valence-corrected chi connectivity index (χ0v) is 13.6. The zero-order valence-electron chi connectivity index (χ0n) is 12.8. The summed E-state index contributed by atoms with van der Waals surface area (Å²) >= 11 is 6.05. The third kappa shape index (κ3) is 2.69. The van der Waals surface area contributed by atoms with E-state index in [1.54, 1.807) is 24.3 Å². The summed E-state index contributed by atoms with van der Waals surface area (Å²) < 4.78 is 0. The van der Waals surface area contributed by atoms with E-state index in [2.05, 4.69) is 10.3 Å². The standard InChI is InChI=1S/C19H15ClN2O2/c20-13-8-9-14-15(10-13)21-17(16(14)22-19(24)12-6-7-12)18(23)11-4-2-1-3-5-11/h1-5,8-10,12,21H,6-7H2,(H,22,24). The van der Waals surface area contributed by atoms with Gasteiger partial charge in [0.15, 0.2) is 0 Å². The maximum atomic E-state index is 12.9. The van der Waals surface area contributed by atoms with Crippen LogP contribution in [0.15, 0.2) is 48.5 Å². The molecular formula is C19H15ClN2O2. The average molecular weight is 339 g/mol. The molecule has 0 radical (unpaired) electrons. The Balaban J connectivity index is 1.83. The Bertz CT molecular complexity index is 943. The summed E-state index contributed by atoms with van der Waals surface area (Å²) in [4.78, 5) is 28.2. The summed E-state index contributed by atoms with van der Waals surface area (Å²) in [6.07, 6.45) is 1.81. The number of carbonyl (C=O) groups excluding carboxylic acids is 2. The third-order valence-electron chi connectivity index (χ3n) is 4.22. The molecular weight excluding hydrogens is 324 g/mol. The van der Waals surface area contributed by atoms with E-state index in [4.69, 9.17) is 11.6 Å². The van der Waals surface area contributed by atoms with Crippen LogP contribution >= 0.6 is 11.6 Å². The van der Waals surface area contributed by atoms with E-state index in [9.17, 15) is 9.59 Å². The lowest BCUT2D eigenvalue weighted by molar-refractivity contribution is -0.117. The van der Waals surface area contributed by atoms with Gasteiger partial charge in [-0.1, -0.05) is 41.9 Å². The minimum Gasteiger partial charge on any atom is -0.350 e. The first-order valence-corrected chi connectivity index (χ1v) is 8.23. The van der Waals surface area contributed by atoms with E-state index in [-0.39, 0.29) is 17.6 Å². The highest BCUT2D eigenvalue weighted by molar-refractivity contribution is 6.31. The molecule has 1 saturated carbocycles. The van der Waals surface area contributed by atoms with Gasteiger partial charge in [0.05, 0.1) is 5.69 Å². The number of carbonyl (C=O) groups is 2. The smallest absolute Gasteiger partial charge is 0.227 e. The van der Waals surface area contributed by atoms with Crippen molar-refractivity contribution in [2.24, 2.45) is 5.92 Å². The Kier molecular flexibility index (Phi) is 3.62. The van der Waals surface area contributed by atoms with Crippen LogP contribution in [-0.2, 0) is 4.79 Å². The second-order valence-electron chi connectivity index (χ2n) is 6.02. The van der Waals surface area contributed by atoms with Crippen LogP contribution in [0.2, 0.25) is 5.02 Å². The lowest BCUT2D eigenvalue weighted by atomic mass is 10.1. The first kappa shape index (κ1) is 15.0. The summed E-state index contributed by atoms with van der Waals surface area (Å²) in [5.41, 5.74) is 2.21. The molecule has 4 nitrogen and oxygen atoms in total. The Hall–Kier alpha value is -2.59. The van der Waals surface area contributed by atoms with E-state index >= 15 is 0 Å². The Labute approximate surface area is 143 Å². The van der Waals surface area contributed by atoms with Gasteiger partial charge in [-0.05, 0) is 31.0 Å². The SMILES string of the molecule is O=C(c1ccccc1)c1[nH]c2cc(Cl)ccc2c1NC(=O)C1CC1. The van der Waals surface area contributed by atoms with Crippen LogP contribution in [0, 0.1) is 5.92 Å². The van der Waals surface area contributed by atoms with Crippen LogP contribution in [0.1, 0.15) is 28.9 Å². The number of halogens is 1. The minimum atomic E-state index is -0.158. The highest BCUT2D eigenvalue weighted by atomic mass is 35.5. The second kappa shape index (κ2) is 5.80. The molecule has 5 heteroatoms. The maximum Gasteiger partial charge on any atom is 0.227 e. The van der Waals surface area contributed by atoms with E-state index in [0.717, 1.165) is 23.7 Å². The van der Waals surface area contributed by atoms with Gasteiger partial charge in [0.25, 0.3) is 0 Å². The van der Waals surface area contributed by atoms with Crippen molar-refractivity contribution < 1.29 is 9.59 Å². The van der Waals surface area contributed by atoms with E-state index in [1.165, 1.54) is 0 Å². The number of fused-ring (bicyclic) bond motifs is 1. The fraction of sp³-hybridized carbons (Fsp3) is 0.158. The van der Waals surface area contributed by atoms with Gasteiger partial charge in [-0.2, -0.15) is 0 Å². The number of hydrogen-bond acceptors (Lipinski definition) is 2. The summed E-state index contributed by atoms with van der Waals surface area (Å²) in [5.74, 6) is -0.135. The molecule has 0 bridgehead atoms. The predicted molar refractivity (Wildman–Crippen MR) is 94.5 cm³/mol. The van der Waals surface area contributed by atoms with Crippen molar-refractivity contribution in [3.05, 3.63) is 64.8 Å². The van der Waals surface area contributed by atoms with E-state index < -0.39 is 0 Å². The summed E-state index contributed by atoms with van der Waals surface area (Å²) in [5, 5.41) is 4.29. The van der Waals surface area contributed by atoms with Gasteiger partial charge < -0.3 is 10.3 Å². The average Bonchev–Trinajstić information content (AvgIpc) is 3.39. The number of aromatic nitrogens is 1. The molecule has 0 saturated heterocycles. The fourth-order valence-corrected chi connectivity index (χ4v) is 2.95. The molecule has 1 amide bonds. The Morgan fingerprint density at radius 2 is 1.83 bits per heavy atom. The highest BCUT2D eigenvalue weighted by Crippen LogP contribution is 2.35. The fourth-order valence-electron chi connectivity index (χ4n) is 2.77. The molecule has 1 aromatic heterocycles. The maximum absolute atomic E-state index is 12.9. The van der Waals surface area contributed by atoms with Crippen molar-refractivity contribution >= 4 is 39.9 Å². The number of rotatable bonds is 4. The number of ketones is 1. The molecule has 3 aromatic rings. The minimum absolute atomic E-state index is 0.0343. The molecule has 2 aromatic carbocycles. The van der Waals surface area contributed by atoms with E-state index in [1.807, 2.05) is 24.3 Å². The van der Waals surface area contributed by atoms with Gasteiger partial charge in [0, 0.05) is 27.4 Å². The molecule has 0 spiro atoms. The van der Waals surface area contributed by atoms with Crippen molar-refractivity contribution in [2.75, 3.05) is 5.32 Å². The second-order valence-corrected chi connectivity index (χ2v) is 6.46. The van der Waals surface area contributed by atoms with Crippen molar-refractivity contribution in [2.45, 2.75) is 12.8 Å². The van der Waals surface area contributed by atoms with Gasteiger partial charge in [-0.3, -0.25) is 9.59 Å². The molecule has 1 heterocycles. The summed E-state index contributed by atoms with van der Waals surface area (Å²) in [6.45, 7) is 0. The number of hydrogen-bond donors (Lipinski definition) is 2. The number of benzene rings is 2. The first-order valence-electron chi connectivity index (χ1n) is 7.85. The van der Waals surface area contributed by atoms with E-state index in [0.29, 0.717) is 22.0 Å². The number of aromatic amines is 1. The van der Waals surface area contributed by atoms with Crippen molar-refractivity contribution in [3.63, 3.8) is 0 Å². The number of anilines is 1.